The highest BCUT2D eigenvalue weighted by molar-refractivity contribution is 9.10. The van der Waals surface area contributed by atoms with Crippen LogP contribution < -0.4 is 4.74 Å². The summed E-state index contributed by atoms with van der Waals surface area (Å²) in [6.07, 6.45) is 1.60. The average molecular weight is 308 g/mol. The van der Waals surface area contributed by atoms with Gasteiger partial charge in [-0.15, -0.1) is 0 Å². The van der Waals surface area contributed by atoms with E-state index in [1.54, 1.807) is 24.4 Å². The van der Waals surface area contributed by atoms with E-state index >= 15 is 0 Å². The fourth-order valence-corrected chi connectivity index (χ4v) is 1.80. The number of pyridine rings is 1. The highest BCUT2D eigenvalue weighted by atomic mass is 79.9. The minimum absolute atomic E-state index is 0.0921. The molecule has 4 nitrogen and oxygen atoms in total. The largest absolute Gasteiger partial charge is 0.478 e. The molecule has 0 aliphatic heterocycles. The molecule has 0 atom stereocenters. The highest BCUT2D eigenvalue weighted by Gasteiger charge is 2.13. The summed E-state index contributed by atoms with van der Waals surface area (Å²) in [7, 11) is 0. The first-order valence-electron chi connectivity index (χ1n) is 5.20. The molecule has 2 aromatic rings. The lowest BCUT2D eigenvalue weighted by Gasteiger charge is -2.09. The van der Waals surface area contributed by atoms with Gasteiger partial charge in [0.05, 0.1) is 0 Å². The molecule has 18 heavy (non-hydrogen) atoms. The summed E-state index contributed by atoms with van der Waals surface area (Å²) in [5.41, 5.74) is 0.936. The number of nitrogens with zero attached hydrogens (tertiary/aromatic N) is 1. The van der Waals surface area contributed by atoms with E-state index in [9.17, 15) is 4.79 Å². The maximum atomic E-state index is 11.1. The van der Waals surface area contributed by atoms with Gasteiger partial charge in [-0.1, -0.05) is 22.0 Å². The van der Waals surface area contributed by atoms with Crippen LogP contribution in [-0.4, -0.2) is 16.1 Å². The molecule has 0 bridgehead atoms. The number of carboxylic acids is 1. The normalized spacial score (nSPS) is 10.1. The topological polar surface area (TPSA) is 59.4 Å². The van der Waals surface area contributed by atoms with E-state index in [1.165, 1.54) is 6.07 Å². The van der Waals surface area contributed by atoms with Crippen molar-refractivity contribution in [3.8, 4) is 11.6 Å². The summed E-state index contributed by atoms with van der Waals surface area (Å²) >= 11 is 3.23. The molecule has 2 rings (SSSR count). The lowest BCUT2D eigenvalue weighted by Crippen LogP contribution is -2.01. The van der Waals surface area contributed by atoms with E-state index in [-0.39, 0.29) is 11.3 Å². The second-order valence-corrected chi connectivity index (χ2v) is 4.59. The number of hydrogen-bond donors (Lipinski definition) is 1. The third-order valence-electron chi connectivity index (χ3n) is 2.34. The molecule has 1 heterocycles. The second-order valence-electron chi connectivity index (χ2n) is 3.67. The average Bonchev–Trinajstić information content (AvgIpc) is 2.34. The minimum Gasteiger partial charge on any atom is -0.478 e. The number of aromatic nitrogens is 1. The van der Waals surface area contributed by atoms with E-state index in [0.29, 0.717) is 10.4 Å². The van der Waals surface area contributed by atoms with Gasteiger partial charge in [0.1, 0.15) is 11.3 Å². The molecule has 0 aliphatic carbocycles. The number of hydrogen-bond acceptors (Lipinski definition) is 3. The van der Waals surface area contributed by atoms with E-state index < -0.39 is 5.97 Å². The lowest BCUT2D eigenvalue weighted by molar-refractivity contribution is 0.0694. The zero-order valence-corrected chi connectivity index (χ0v) is 11.1. The van der Waals surface area contributed by atoms with E-state index in [2.05, 4.69) is 20.9 Å². The van der Waals surface area contributed by atoms with Crippen molar-refractivity contribution in [1.82, 2.24) is 4.98 Å². The van der Waals surface area contributed by atoms with Crippen molar-refractivity contribution in [2.24, 2.45) is 0 Å². The summed E-state index contributed by atoms with van der Waals surface area (Å²) in [4.78, 5) is 15.2. The van der Waals surface area contributed by atoms with Crippen molar-refractivity contribution in [1.29, 1.82) is 0 Å². The van der Waals surface area contributed by atoms with Gasteiger partial charge < -0.3 is 9.84 Å². The predicted octanol–water partition coefficient (Wildman–Crippen LogP) is 3.64. The van der Waals surface area contributed by atoms with Crippen LogP contribution in [0, 0.1) is 6.92 Å². The number of rotatable bonds is 3. The van der Waals surface area contributed by atoms with Crippen LogP contribution >= 0.6 is 15.9 Å². The van der Waals surface area contributed by atoms with Gasteiger partial charge in [0, 0.05) is 16.2 Å². The molecule has 0 amide bonds. The molecule has 0 unspecified atom stereocenters. The second kappa shape index (κ2) is 5.18. The molecule has 0 fully saturated rings. The first-order chi connectivity index (χ1) is 8.58. The van der Waals surface area contributed by atoms with Crippen LogP contribution in [0.4, 0.5) is 0 Å². The van der Waals surface area contributed by atoms with Crippen molar-refractivity contribution >= 4 is 21.9 Å². The Hall–Kier alpha value is -1.88. The number of aryl methyl sites for hydroxylation is 1. The Kier molecular flexibility index (Phi) is 3.62. The number of benzene rings is 1. The Bertz CT molecular complexity index is 599. The Morgan fingerprint density at radius 2 is 2.17 bits per heavy atom. The fraction of sp³-hybridized carbons (Fsp3) is 0.0769. The summed E-state index contributed by atoms with van der Waals surface area (Å²) in [5.74, 6) is -0.366. The van der Waals surface area contributed by atoms with E-state index in [1.807, 2.05) is 13.0 Å². The number of ether oxygens (including phenoxy) is 1. The molecule has 0 radical (unpaired) electrons. The summed E-state index contributed by atoms with van der Waals surface area (Å²) in [6.45, 7) is 1.85. The molecule has 1 N–H and O–H groups in total. The van der Waals surface area contributed by atoms with Crippen molar-refractivity contribution in [3.05, 3.63) is 52.1 Å². The third-order valence-corrected chi connectivity index (χ3v) is 2.83. The van der Waals surface area contributed by atoms with Crippen LogP contribution in [0.25, 0.3) is 0 Å². The molecular formula is C13H10BrNO3. The molecular weight excluding hydrogens is 298 g/mol. The molecule has 5 heteroatoms. The highest BCUT2D eigenvalue weighted by Crippen LogP contribution is 2.28. The lowest BCUT2D eigenvalue weighted by atomic mass is 10.2. The molecule has 1 aromatic heterocycles. The van der Waals surface area contributed by atoms with E-state index in [4.69, 9.17) is 9.84 Å². The monoisotopic (exact) mass is 307 g/mol. The van der Waals surface area contributed by atoms with Crippen LogP contribution in [0.1, 0.15) is 15.9 Å². The van der Waals surface area contributed by atoms with Crippen LogP contribution in [0.3, 0.4) is 0 Å². The number of carboxylic acid groups (broad SMARTS) is 1. The van der Waals surface area contributed by atoms with Crippen molar-refractivity contribution in [2.75, 3.05) is 0 Å². The van der Waals surface area contributed by atoms with Crippen molar-refractivity contribution < 1.29 is 14.6 Å². The van der Waals surface area contributed by atoms with Crippen molar-refractivity contribution in [3.63, 3.8) is 0 Å². The molecule has 92 valence electrons. The van der Waals surface area contributed by atoms with Gasteiger partial charge in [-0.25, -0.2) is 9.78 Å². The van der Waals surface area contributed by atoms with Gasteiger partial charge in [-0.2, -0.15) is 0 Å². The first kappa shape index (κ1) is 12.6. The van der Waals surface area contributed by atoms with Gasteiger partial charge in [-0.05, 0) is 31.2 Å². The quantitative estimate of drug-likeness (QED) is 0.940. The van der Waals surface area contributed by atoms with Gasteiger partial charge in [0.2, 0.25) is 5.88 Å². The SMILES string of the molecule is Cc1cccnc1Oc1ccc(Br)cc1C(=O)O. The van der Waals surface area contributed by atoms with Crippen LogP contribution in [0.2, 0.25) is 0 Å². The van der Waals surface area contributed by atoms with Crippen molar-refractivity contribution in [2.45, 2.75) is 6.92 Å². The van der Waals surface area contributed by atoms with Gasteiger partial charge >= 0.3 is 5.97 Å². The Morgan fingerprint density at radius 1 is 1.39 bits per heavy atom. The Balaban J connectivity index is 2.41. The maximum Gasteiger partial charge on any atom is 0.339 e. The smallest absolute Gasteiger partial charge is 0.339 e. The fourth-order valence-electron chi connectivity index (χ4n) is 1.44. The molecule has 0 spiro atoms. The molecule has 1 aromatic carbocycles. The zero-order chi connectivity index (χ0) is 13.1. The van der Waals surface area contributed by atoms with Gasteiger partial charge in [0.15, 0.2) is 0 Å². The summed E-state index contributed by atoms with van der Waals surface area (Å²) < 4.78 is 6.23. The van der Waals surface area contributed by atoms with Crippen LogP contribution in [0.5, 0.6) is 11.6 Å². The minimum atomic E-state index is -1.04. The maximum absolute atomic E-state index is 11.1. The molecule has 0 aliphatic rings. The Labute approximate surface area is 112 Å². The van der Waals surface area contributed by atoms with E-state index in [0.717, 1.165) is 5.56 Å². The van der Waals surface area contributed by atoms with Crippen LogP contribution in [-0.2, 0) is 0 Å². The summed E-state index contributed by atoms with van der Waals surface area (Å²) in [5, 5.41) is 9.12. The Morgan fingerprint density at radius 3 is 2.83 bits per heavy atom. The van der Waals surface area contributed by atoms with Gasteiger partial charge in [-0.3, -0.25) is 0 Å². The predicted molar refractivity (Wildman–Crippen MR) is 70.1 cm³/mol. The van der Waals surface area contributed by atoms with Gasteiger partial charge in [0.25, 0.3) is 0 Å². The van der Waals surface area contributed by atoms with Crippen LogP contribution in [0.15, 0.2) is 41.0 Å². The third kappa shape index (κ3) is 2.68. The number of halogens is 1. The molecule has 0 saturated heterocycles. The zero-order valence-electron chi connectivity index (χ0n) is 9.55. The standard InChI is InChI=1S/C13H10BrNO3/c1-8-3-2-6-15-12(8)18-11-5-4-9(14)7-10(11)13(16)17/h2-7H,1H3,(H,16,17). The number of aromatic carboxylic acids is 1. The first-order valence-corrected chi connectivity index (χ1v) is 5.99. The molecule has 0 saturated carbocycles. The summed E-state index contributed by atoms with van der Waals surface area (Å²) in [6, 6.07) is 8.46. The number of carbonyl (C=O) groups is 1.